The van der Waals surface area contributed by atoms with Gasteiger partial charge in [-0.1, -0.05) is 6.42 Å². The molecule has 0 spiro atoms. The molecule has 3 atom stereocenters. The van der Waals surface area contributed by atoms with Gasteiger partial charge in [0.2, 0.25) is 23.8 Å². The average Bonchev–Trinajstić information content (AvgIpc) is 1.63. The quantitative estimate of drug-likeness (QED) is 0.0367. The van der Waals surface area contributed by atoms with E-state index in [2.05, 4.69) is 93.1 Å². The number of hydrogen-bond acceptors (Lipinski definition) is 23. The number of carbonyl (C=O) groups excluding carboxylic acids is 2. The van der Waals surface area contributed by atoms with Gasteiger partial charge in [-0.15, -0.1) is 15.3 Å². The van der Waals surface area contributed by atoms with E-state index in [1.165, 1.54) is 12.1 Å². The SMILES string of the molecule is COC[C@H](C)Nc1ncc2c(-c3ccnc(C)c3)cc(C3CCC(O)CC3)n2n1.COC[C@H](C)Nc1ncc2c(-c3ccnc(N4CCN(C(=O)C5CCC5)CC4)c3)cc(C3CCC(O)CC3)n2n1.COC[C@H](C)Nc1ncc2c(-c3ccnc(N4CCN(C(=O)OC5CCC5)CC4)c3)cc(C3CCC(O)CC3)n2n1. The van der Waals surface area contributed by atoms with E-state index >= 15 is 0 Å². The summed E-state index contributed by atoms with van der Waals surface area (Å²) < 4.78 is 27.4. The second kappa shape index (κ2) is 35.9. The fourth-order valence-corrected chi connectivity index (χ4v) is 16.6. The first-order valence-corrected chi connectivity index (χ1v) is 40.1. The molecule has 0 radical (unpaired) electrons. The summed E-state index contributed by atoms with van der Waals surface area (Å²) in [6, 6.07) is 19.5. The van der Waals surface area contributed by atoms with Crippen LogP contribution in [0.1, 0.15) is 177 Å². The van der Waals surface area contributed by atoms with Gasteiger partial charge in [0.15, 0.2) is 0 Å². The highest BCUT2D eigenvalue weighted by Gasteiger charge is 2.35. The molecular formula is C82H111N19O9. The summed E-state index contributed by atoms with van der Waals surface area (Å²) in [4.78, 5) is 61.1. The largest absolute Gasteiger partial charge is 0.446 e. The van der Waals surface area contributed by atoms with Gasteiger partial charge in [0.1, 0.15) is 17.7 Å². The number of aryl methyl sites for hydroxylation is 1. The van der Waals surface area contributed by atoms with Crippen molar-refractivity contribution in [3.05, 3.63) is 115 Å². The van der Waals surface area contributed by atoms with Gasteiger partial charge < -0.3 is 69.8 Å². The van der Waals surface area contributed by atoms with Gasteiger partial charge in [-0.3, -0.25) is 9.78 Å². The number of aliphatic hydroxyl groups excluding tert-OH is 3. The minimum absolute atomic E-state index is 0.0732. The molecule has 28 heteroatoms. The third kappa shape index (κ3) is 18.4. The van der Waals surface area contributed by atoms with Crippen molar-refractivity contribution in [3.63, 3.8) is 0 Å². The first kappa shape index (κ1) is 77.5. The van der Waals surface area contributed by atoms with Gasteiger partial charge in [0, 0.05) is 174 Å². The maximum atomic E-state index is 12.7. The molecule has 28 nitrogen and oxygen atoms in total. The van der Waals surface area contributed by atoms with E-state index in [0.29, 0.717) is 87.5 Å². The van der Waals surface area contributed by atoms with Crippen LogP contribution in [0.4, 0.5) is 34.3 Å². The summed E-state index contributed by atoms with van der Waals surface area (Å²) in [5.74, 6) is 5.14. The Bertz CT molecular complexity index is 4540. The van der Waals surface area contributed by atoms with Crippen molar-refractivity contribution in [1.82, 2.24) is 68.5 Å². The summed E-state index contributed by atoms with van der Waals surface area (Å²) in [6.45, 7) is 15.6. The number of nitrogens with one attached hydrogen (secondary N) is 3. The lowest BCUT2D eigenvalue weighted by Gasteiger charge is -2.38. The Hall–Kier alpha value is -9.19. The average molecular weight is 1510 g/mol. The van der Waals surface area contributed by atoms with Crippen molar-refractivity contribution in [3.8, 4) is 33.4 Å². The summed E-state index contributed by atoms with van der Waals surface area (Å²) in [6.07, 6.45) is 27.5. The number of ether oxygens (including phenoxy) is 4. The van der Waals surface area contributed by atoms with Crippen molar-refractivity contribution in [1.29, 1.82) is 0 Å². The Balaban J connectivity index is 0.000000140. The van der Waals surface area contributed by atoms with E-state index in [1.54, 1.807) is 21.3 Å². The molecule has 588 valence electrons. The predicted octanol–water partition coefficient (Wildman–Crippen LogP) is 11.3. The van der Waals surface area contributed by atoms with Crippen molar-refractivity contribution in [2.45, 2.75) is 204 Å². The molecule has 110 heavy (non-hydrogen) atoms. The number of anilines is 5. The summed E-state index contributed by atoms with van der Waals surface area (Å²) in [7, 11) is 5.06. The second-order valence-corrected chi connectivity index (χ2v) is 31.4. The highest BCUT2D eigenvalue weighted by atomic mass is 16.6. The molecule has 2 aliphatic heterocycles. The number of nitrogens with zero attached hydrogens (tertiary/aromatic N) is 16. The maximum absolute atomic E-state index is 12.7. The number of rotatable bonds is 22. The number of piperazine rings is 2. The Kier molecular flexibility index (Phi) is 25.3. The number of fused-ring (bicyclic) bond motifs is 3. The molecule has 11 heterocycles. The molecule has 5 saturated carbocycles. The minimum atomic E-state index is -0.220. The number of hydrogen-bond donors (Lipinski definition) is 6. The normalized spacial score (nSPS) is 22.1. The van der Waals surface area contributed by atoms with E-state index in [4.69, 9.17) is 39.2 Å². The van der Waals surface area contributed by atoms with Gasteiger partial charge in [-0.25, -0.2) is 43.3 Å². The van der Waals surface area contributed by atoms with Crippen LogP contribution in [-0.2, 0) is 23.7 Å². The fourth-order valence-electron chi connectivity index (χ4n) is 16.6. The molecule has 7 fully saturated rings. The van der Waals surface area contributed by atoms with Crippen LogP contribution in [0.3, 0.4) is 0 Å². The van der Waals surface area contributed by atoms with E-state index in [-0.39, 0.29) is 54.6 Å². The molecule has 0 aromatic carbocycles. The lowest BCUT2D eigenvalue weighted by molar-refractivity contribution is -0.138. The Morgan fingerprint density at radius 1 is 0.445 bits per heavy atom. The van der Waals surface area contributed by atoms with Crippen molar-refractivity contribution < 1.29 is 43.9 Å². The third-order valence-electron chi connectivity index (χ3n) is 23.2. The number of aromatic nitrogens is 12. The third-order valence-corrected chi connectivity index (χ3v) is 23.2. The van der Waals surface area contributed by atoms with Crippen LogP contribution in [0.25, 0.3) is 49.9 Å². The first-order valence-electron chi connectivity index (χ1n) is 40.1. The summed E-state index contributed by atoms with van der Waals surface area (Å²) in [5.41, 5.74) is 13.9. The smallest absolute Gasteiger partial charge is 0.410 e. The molecule has 16 rings (SSSR count). The van der Waals surface area contributed by atoms with Crippen LogP contribution >= 0.6 is 0 Å². The number of amides is 2. The van der Waals surface area contributed by atoms with E-state index < -0.39 is 0 Å². The molecule has 5 aliphatic carbocycles. The summed E-state index contributed by atoms with van der Waals surface area (Å²) in [5, 5.41) is 54.8. The Morgan fingerprint density at radius 3 is 1.14 bits per heavy atom. The van der Waals surface area contributed by atoms with Crippen molar-refractivity contribution in [2.24, 2.45) is 5.92 Å². The van der Waals surface area contributed by atoms with Crippen LogP contribution < -0.4 is 25.8 Å². The first-order chi connectivity index (χ1) is 53.5. The van der Waals surface area contributed by atoms with Gasteiger partial charge in [0.05, 0.1) is 73.3 Å². The van der Waals surface area contributed by atoms with E-state index in [0.717, 1.165) is 214 Å². The van der Waals surface area contributed by atoms with Crippen LogP contribution in [0.15, 0.2) is 91.8 Å². The van der Waals surface area contributed by atoms with Gasteiger partial charge in [-0.2, -0.15) is 0 Å². The Labute approximate surface area is 644 Å². The zero-order valence-electron chi connectivity index (χ0n) is 65.0. The number of methoxy groups -OCH3 is 3. The van der Waals surface area contributed by atoms with Crippen LogP contribution in [0.2, 0.25) is 0 Å². The maximum Gasteiger partial charge on any atom is 0.410 e. The molecule has 7 aliphatic rings. The molecule has 2 amide bonds. The zero-order valence-corrected chi connectivity index (χ0v) is 65.0. The highest BCUT2D eigenvalue weighted by molar-refractivity contribution is 5.85. The van der Waals surface area contributed by atoms with E-state index in [9.17, 15) is 24.9 Å². The van der Waals surface area contributed by atoms with Gasteiger partial charge >= 0.3 is 6.09 Å². The van der Waals surface area contributed by atoms with Crippen LogP contribution in [0, 0.1) is 12.8 Å². The topological polar surface area (TPSA) is 310 Å². The monoisotopic (exact) mass is 1510 g/mol. The summed E-state index contributed by atoms with van der Waals surface area (Å²) >= 11 is 0. The fraction of sp³-hybridized carbons (Fsp3) is 0.573. The Morgan fingerprint density at radius 2 is 0.800 bits per heavy atom. The number of aliphatic hydroxyl groups is 3. The predicted molar refractivity (Wildman–Crippen MR) is 424 cm³/mol. The molecular weight excluding hydrogens is 1400 g/mol. The molecule has 9 aromatic rings. The highest BCUT2D eigenvalue weighted by Crippen LogP contribution is 2.42. The van der Waals surface area contributed by atoms with Crippen molar-refractivity contribution >= 4 is 58.0 Å². The van der Waals surface area contributed by atoms with Crippen LogP contribution in [0.5, 0.6) is 0 Å². The van der Waals surface area contributed by atoms with Crippen molar-refractivity contribution in [2.75, 3.05) is 119 Å². The van der Waals surface area contributed by atoms with Gasteiger partial charge in [0.25, 0.3) is 0 Å². The number of pyridine rings is 3. The molecule has 6 N–H and O–H groups in total. The number of carbonyl (C=O) groups is 2. The second-order valence-electron chi connectivity index (χ2n) is 31.4. The standard InChI is InChI=1S/C30H41N7O4.C30H41N7O3.C22H29N5O2/c1-20(19-40-2)33-29-32-18-27-25(17-26(37(27)34-29)21-6-8-23(38)9-7-21)22-10-11-31-28(16-22)35-12-14-36(15-13-35)30(39)41-24-4-3-5-24;1-20(19-40-2)33-30-32-18-27-25(17-26(37(27)34-30)21-6-8-24(38)9-7-21)23-10-11-31-28(16-23)35-12-14-36(15-13-35)29(39)22-4-3-5-22;1-14-10-17(8-9-23-14)19-11-20(16-4-6-18(28)7-5-16)27-21(19)12-24-22(26-27)25-15(2)13-29-3/h10-11,16-18,20-21,23-24,38H,3-9,12-15,19H2,1-2H3,(H,33,34);10-11,16-18,20-22,24,38H,3-9,12-15,19H2,1-2H3,(H,33,34);8-12,15-16,18,28H,4-7,13H2,1-3H3,(H,25,26)/t20-,21?,23?;20-,21?,24?;15-,16?,18?/m000/s1. The van der Waals surface area contributed by atoms with Gasteiger partial charge in [-0.05, 0) is 208 Å². The minimum Gasteiger partial charge on any atom is -0.446 e. The molecule has 9 aromatic heterocycles. The zero-order chi connectivity index (χ0) is 76.4. The lowest BCUT2D eigenvalue weighted by atomic mass is 9.84. The molecule has 0 unspecified atom stereocenters. The lowest BCUT2D eigenvalue weighted by Crippen LogP contribution is -2.51. The van der Waals surface area contributed by atoms with Crippen LogP contribution in [-0.4, -0.2) is 232 Å². The van der Waals surface area contributed by atoms with E-state index in [1.807, 2.05) is 100 Å². The molecule has 0 bridgehead atoms. The molecule has 2 saturated heterocycles.